The number of methoxy groups -OCH3 is 1. The second-order valence-electron chi connectivity index (χ2n) is 3.46. The molecule has 0 bridgehead atoms. The SMILES string of the molecule is COc1cccc(Oc2ccncc2C(=O)O)c1. The van der Waals surface area contributed by atoms with Gasteiger partial charge in [-0.25, -0.2) is 4.79 Å². The maximum atomic E-state index is 11.0. The third kappa shape index (κ3) is 2.57. The lowest BCUT2D eigenvalue weighted by Crippen LogP contribution is -2.00. The minimum absolute atomic E-state index is 0.0142. The van der Waals surface area contributed by atoms with Crippen molar-refractivity contribution in [1.82, 2.24) is 4.98 Å². The molecule has 0 saturated carbocycles. The molecule has 5 heteroatoms. The zero-order valence-electron chi connectivity index (χ0n) is 9.66. The van der Waals surface area contributed by atoms with Gasteiger partial charge in [0.2, 0.25) is 0 Å². The van der Waals surface area contributed by atoms with Gasteiger partial charge in [-0.3, -0.25) is 4.98 Å². The molecular weight excluding hydrogens is 234 g/mol. The zero-order chi connectivity index (χ0) is 13.0. The number of aromatic nitrogens is 1. The van der Waals surface area contributed by atoms with Crippen LogP contribution in [0.2, 0.25) is 0 Å². The van der Waals surface area contributed by atoms with Crippen LogP contribution in [0, 0.1) is 0 Å². The number of nitrogens with zero attached hydrogens (tertiary/aromatic N) is 1. The lowest BCUT2D eigenvalue weighted by molar-refractivity contribution is 0.0693. The van der Waals surface area contributed by atoms with Crippen LogP contribution in [0.3, 0.4) is 0 Å². The Morgan fingerprint density at radius 3 is 2.78 bits per heavy atom. The third-order valence-corrected chi connectivity index (χ3v) is 2.28. The Kier molecular flexibility index (Phi) is 3.43. The average molecular weight is 245 g/mol. The van der Waals surface area contributed by atoms with Crippen LogP contribution < -0.4 is 9.47 Å². The van der Waals surface area contributed by atoms with Gasteiger partial charge in [0.05, 0.1) is 7.11 Å². The summed E-state index contributed by atoms with van der Waals surface area (Å²) in [7, 11) is 1.55. The predicted octanol–water partition coefficient (Wildman–Crippen LogP) is 2.58. The molecule has 0 aliphatic heterocycles. The second kappa shape index (κ2) is 5.18. The van der Waals surface area contributed by atoms with Gasteiger partial charge in [0.25, 0.3) is 0 Å². The summed E-state index contributed by atoms with van der Waals surface area (Å²) < 4.78 is 10.6. The number of carboxylic acids is 1. The van der Waals surface area contributed by atoms with Gasteiger partial charge < -0.3 is 14.6 Å². The first-order chi connectivity index (χ1) is 8.70. The fourth-order valence-corrected chi connectivity index (χ4v) is 1.42. The van der Waals surface area contributed by atoms with Gasteiger partial charge >= 0.3 is 5.97 Å². The van der Waals surface area contributed by atoms with Crippen molar-refractivity contribution in [1.29, 1.82) is 0 Å². The van der Waals surface area contributed by atoms with E-state index < -0.39 is 5.97 Å². The van der Waals surface area contributed by atoms with E-state index in [1.807, 2.05) is 0 Å². The van der Waals surface area contributed by atoms with Crippen molar-refractivity contribution < 1.29 is 19.4 Å². The van der Waals surface area contributed by atoms with E-state index in [0.717, 1.165) is 0 Å². The number of hydrogen-bond donors (Lipinski definition) is 1. The van der Waals surface area contributed by atoms with Gasteiger partial charge in [-0.2, -0.15) is 0 Å². The summed E-state index contributed by atoms with van der Waals surface area (Å²) in [6.07, 6.45) is 2.72. The Morgan fingerprint density at radius 2 is 2.06 bits per heavy atom. The average Bonchev–Trinajstić information content (AvgIpc) is 2.39. The number of benzene rings is 1. The number of rotatable bonds is 4. The van der Waals surface area contributed by atoms with Crippen LogP contribution in [0.25, 0.3) is 0 Å². The minimum Gasteiger partial charge on any atom is -0.497 e. The van der Waals surface area contributed by atoms with Gasteiger partial charge in [-0.15, -0.1) is 0 Å². The molecule has 18 heavy (non-hydrogen) atoms. The first-order valence-corrected chi connectivity index (χ1v) is 5.20. The van der Waals surface area contributed by atoms with Crippen LogP contribution in [-0.2, 0) is 0 Å². The van der Waals surface area contributed by atoms with Crippen molar-refractivity contribution >= 4 is 5.97 Å². The van der Waals surface area contributed by atoms with E-state index >= 15 is 0 Å². The van der Waals surface area contributed by atoms with Crippen molar-refractivity contribution in [3.8, 4) is 17.2 Å². The van der Waals surface area contributed by atoms with Gasteiger partial charge in [-0.1, -0.05) is 6.07 Å². The quantitative estimate of drug-likeness (QED) is 0.896. The van der Waals surface area contributed by atoms with E-state index in [1.165, 1.54) is 18.5 Å². The number of carboxylic acid groups (broad SMARTS) is 1. The third-order valence-electron chi connectivity index (χ3n) is 2.28. The fraction of sp³-hybridized carbons (Fsp3) is 0.0769. The normalized spacial score (nSPS) is 9.83. The molecule has 5 nitrogen and oxygen atoms in total. The van der Waals surface area contributed by atoms with E-state index in [2.05, 4.69) is 4.98 Å². The molecule has 2 aromatic rings. The van der Waals surface area contributed by atoms with Crippen LogP contribution in [0.4, 0.5) is 0 Å². The van der Waals surface area contributed by atoms with E-state index in [0.29, 0.717) is 11.5 Å². The lowest BCUT2D eigenvalue weighted by Gasteiger charge is -2.09. The molecular formula is C13H11NO4. The van der Waals surface area contributed by atoms with E-state index in [-0.39, 0.29) is 11.3 Å². The maximum absolute atomic E-state index is 11.0. The second-order valence-corrected chi connectivity index (χ2v) is 3.46. The van der Waals surface area contributed by atoms with Crippen LogP contribution in [0.15, 0.2) is 42.7 Å². The molecule has 2 rings (SSSR count). The summed E-state index contributed by atoms with van der Waals surface area (Å²) in [5.74, 6) is 0.299. The summed E-state index contributed by atoms with van der Waals surface area (Å²) in [6.45, 7) is 0. The molecule has 0 radical (unpaired) electrons. The van der Waals surface area contributed by atoms with Crippen LogP contribution in [-0.4, -0.2) is 23.2 Å². The number of aromatic carboxylic acids is 1. The predicted molar refractivity (Wildman–Crippen MR) is 64.3 cm³/mol. The van der Waals surface area contributed by atoms with Crippen molar-refractivity contribution in [2.45, 2.75) is 0 Å². The summed E-state index contributed by atoms with van der Waals surface area (Å²) in [5.41, 5.74) is 0.0142. The monoisotopic (exact) mass is 245 g/mol. The van der Waals surface area contributed by atoms with Gasteiger partial charge in [0.1, 0.15) is 22.8 Å². The van der Waals surface area contributed by atoms with E-state index in [4.69, 9.17) is 14.6 Å². The van der Waals surface area contributed by atoms with Crippen LogP contribution >= 0.6 is 0 Å². The molecule has 1 aromatic carbocycles. The number of carbonyl (C=O) groups is 1. The van der Waals surface area contributed by atoms with E-state index in [9.17, 15) is 4.79 Å². The highest BCUT2D eigenvalue weighted by Gasteiger charge is 2.11. The summed E-state index contributed by atoms with van der Waals surface area (Å²) in [5, 5.41) is 9.00. The molecule has 0 saturated heterocycles. The minimum atomic E-state index is -1.08. The number of pyridine rings is 1. The topological polar surface area (TPSA) is 68.7 Å². The van der Waals surface area contributed by atoms with Crippen molar-refractivity contribution in [3.63, 3.8) is 0 Å². The van der Waals surface area contributed by atoms with Gasteiger partial charge in [0, 0.05) is 24.5 Å². The number of hydrogen-bond acceptors (Lipinski definition) is 4. The molecule has 0 amide bonds. The van der Waals surface area contributed by atoms with Gasteiger partial charge in [-0.05, 0) is 12.1 Å². The molecule has 1 heterocycles. The highest BCUT2D eigenvalue weighted by atomic mass is 16.5. The summed E-state index contributed by atoms with van der Waals surface area (Å²) in [6, 6.07) is 8.43. The first kappa shape index (κ1) is 11.9. The smallest absolute Gasteiger partial charge is 0.341 e. The zero-order valence-corrected chi connectivity index (χ0v) is 9.66. The Hall–Kier alpha value is -2.56. The highest BCUT2D eigenvalue weighted by Crippen LogP contribution is 2.27. The molecule has 0 unspecified atom stereocenters. The molecule has 1 N–H and O–H groups in total. The highest BCUT2D eigenvalue weighted by molar-refractivity contribution is 5.90. The molecule has 92 valence electrons. The molecule has 0 aliphatic carbocycles. The molecule has 0 aliphatic rings. The largest absolute Gasteiger partial charge is 0.497 e. The Labute approximate surface area is 104 Å². The van der Waals surface area contributed by atoms with Gasteiger partial charge in [0.15, 0.2) is 0 Å². The van der Waals surface area contributed by atoms with Crippen LogP contribution in [0.5, 0.6) is 17.2 Å². The Bertz CT molecular complexity index is 568. The molecule has 1 aromatic heterocycles. The van der Waals surface area contributed by atoms with Crippen molar-refractivity contribution in [2.75, 3.05) is 7.11 Å². The first-order valence-electron chi connectivity index (χ1n) is 5.20. The lowest BCUT2D eigenvalue weighted by atomic mass is 10.2. The van der Waals surface area contributed by atoms with Crippen molar-refractivity contribution in [2.24, 2.45) is 0 Å². The van der Waals surface area contributed by atoms with E-state index in [1.54, 1.807) is 31.4 Å². The Morgan fingerprint density at radius 1 is 1.28 bits per heavy atom. The summed E-state index contributed by atoms with van der Waals surface area (Å²) >= 11 is 0. The molecule has 0 fully saturated rings. The standard InChI is InChI=1S/C13H11NO4/c1-17-9-3-2-4-10(7-9)18-12-5-6-14-8-11(12)13(15)16/h2-8H,1H3,(H,15,16). The number of ether oxygens (including phenoxy) is 2. The fourth-order valence-electron chi connectivity index (χ4n) is 1.42. The summed E-state index contributed by atoms with van der Waals surface area (Å²) in [4.78, 5) is 14.7. The Balaban J connectivity index is 2.31. The maximum Gasteiger partial charge on any atom is 0.341 e. The molecule has 0 atom stereocenters. The molecule has 0 spiro atoms. The van der Waals surface area contributed by atoms with Crippen LogP contribution in [0.1, 0.15) is 10.4 Å². The van der Waals surface area contributed by atoms with Crippen molar-refractivity contribution in [3.05, 3.63) is 48.3 Å².